The highest BCUT2D eigenvalue weighted by atomic mass is 35.5. The Morgan fingerprint density at radius 1 is 1.42 bits per heavy atom. The zero-order valence-electron chi connectivity index (χ0n) is 13.4. The average Bonchev–Trinajstić information content (AvgIpc) is 3.02. The largest absolute Gasteiger partial charge is 0.481 e. The summed E-state index contributed by atoms with van der Waals surface area (Å²) in [7, 11) is 1.55. The van der Waals surface area contributed by atoms with Crippen molar-refractivity contribution in [3.05, 3.63) is 23.5 Å². The number of hydrogen-bond donors (Lipinski definition) is 3. The van der Waals surface area contributed by atoms with E-state index in [2.05, 4.69) is 20.3 Å². The van der Waals surface area contributed by atoms with Crippen LogP contribution in [-0.4, -0.2) is 39.8 Å². The van der Waals surface area contributed by atoms with Gasteiger partial charge in [-0.2, -0.15) is 4.98 Å². The Bertz CT molecular complexity index is 728. The topological polar surface area (TPSA) is 106 Å². The summed E-state index contributed by atoms with van der Waals surface area (Å²) in [6.45, 7) is 0.203. The van der Waals surface area contributed by atoms with Crippen LogP contribution in [0.3, 0.4) is 0 Å². The number of nitrogens with zero attached hydrogens (tertiary/aromatic N) is 3. The molecule has 3 rings (SSSR count). The van der Waals surface area contributed by atoms with Crippen LogP contribution in [0.4, 0.5) is 11.8 Å². The third kappa shape index (κ3) is 3.37. The number of rotatable bonds is 5. The fourth-order valence-corrected chi connectivity index (χ4v) is 3.38. The molecule has 1 aliphatic rings. The zero-order chi connectivity index (χ0) is 17.1. The monoisotopic (exact) mass is 349 g/mol. The van der Waals surface area contributed by atoms with E-state index in [1.165, 1.54) is 0 Å². The molecule has 7 nitrogen and oxygen atoms in total. The molecule has 2 aromatic heterocycles. The minimum Gasteiger partial charge on any atom is -0.481 e. The normalized spacial score (nSPS) is 20.1. The van der Waals surface area contributed by atoms with Crippen molar-refractivity contribution in [3.63, 3.8) is 0 Å². The van der Waals surface area contributed by atoms with E-state index in [4.69, 9.17) is 22.1 Å². The number of ether oxygens (including phenoxy) is 1. The van der Waals surface area contributed by atoms with Crippen LogP contribution in [0.1, 0.15) is 19.3 Å². The summed E-state index contributed by atoms with van der Waals surface area (Å²) in [6.07, 6.45) is 4.45. The van der Waals surface area contributed by atoms with Crippen molar-refractivity contribution in [3.8, 4) is 17.0 Å². The van der Waals surface area contributed by atoms with Gasteiger partial charge in [0.25, 0.3) is 0 Å². The zero-order valence-corrected chi connectivity index (χ0v) is 14.1. The van der Waals surface area contributed by atoms with Crippen molar-refractivity contribution in [1.82, 2.24) is 15.0 Å². The molecule has 128 valence electrons. The lowest BCUT2D eigenvalue weighted by Crippen LogP contribution is -2.18. The Hall–Kier alpha value is -2.12. The van der Waals surface area contributed by atoms with Gasteiger partial charge in [0.15, 0.2) is 0 Å². The first kappa shape index (κ1) is 16.7. The van der Waals surface area contributed by atoms with E-state index in [1.54, 1.807) is 19.4 Å². The highest BCUT2D eigenvalue weighted by Crippen LogP contribution is 2.39. The number of halogens is 1. The number of aliphatic hydroxyl groups excluding tert-OH is 1. The summed E-state index contributed by atoms with van der Waals surface area (Å²) in [4.78, 5) is 12.6. The highest BCUT2D eigenvalue weighted by molar-refractivity contribution is 6.33. The SMILES string of the molecule is COc1ncccc1-c1c(Cl)nc(N)nc1N[C@H]1CC[C@@H](CO)C1. The second-order valence-electron chi connectivity index (χ2n) is 5.86. The maximum atomic E-state index is 9.32. The second kappa shape index (κ2) is 7.19. The first-order valence-electron chi connectivity index (χ1n) is 7.82. The molecule has 0 unspecified atom stereocenters. The van der Waals surface area contributed by atoms with Gasteiger partial charge >= 0.3 is 0 Å². The third-order valence-corrected chi connectivity index (χ3v) is 4.53. The molecule has 8 heteroatoms. The highest BCUT2D eigenvalue weighted by Gasteiger charge is 2.26. The van der Waals surface area contributed by atoms with Crippen molar-refractivity contribution >= 4 is 23.4 Å². The minimum absolute atomic E-state index is 0.103. The Labute approximate surface area is 145 Å². The molecule has 1 aliphatic carbocycles. The predicted molar refractivity (Wildman–Crippen MR) is 93.1 cm³/mol. The smallest absolute Gasteiger partial charge is 0.223 e. The van der Waals surface area contributed by atoms with Crippen LogP contribution in [0.25, 0.3) is 11.1 Å². The van der Waals surface area contributed by atoms with Crippen LogP contribution < -0.4 is 15.8 Å². The van der Waals surface area contributed by atoms with E-state index in [-0.39, 0.29) is 23.8 Å². The van der Waals surface area contributed by atoms with E-state index in [9.17, 15) is 5.11 Å². The van der Waals surface area contributed by atoms with Crippen LogP contribution in [-0.2, 0) is 0 Å². The van der Waals surface area contributed by atoms with Crippen molar-refractivity contribution < 1.29 is 9.84 Å². The molecule has 0 spiro atoms. The lowest BCUT2D eigenvalue weighted by molar-refractivity contribution is 0.229. The lowest BCUT2D eigenvalue weighted by atomic mass is 10.1. The summed E-state index contributed by atoms with van der Waals surface area (Å²) in [5.41, 5.74) is 7.08. The van der Waals surface area contributed by atoms with Crippen molar-refractivity contribution in [2.75, 3.05) is 24.8 Å². The van der Waals surface area contributed by atoms with Gasteiger partial charge in [0.2, 0.25) is 11.8 Å². The van der Waals surface area contributed by atoms with E-state index in [0.29, 0.717) is 28.7 Å². The molecule has 0 amide bonds. The van der Waals surface area contributed by atoms with Crippen molar-refractivity contribution in [1.29, 1.82) is 0 Å². The number of hydrogen-bond acceptors (Lipinski definition) is 7. The first-order valence-corrected chi connectivity index (χ1v) is 8.20. The summed E-state index contributed by atoms with van der Waals surface area (Å²) in [5, 5.41) is 13.0. The summed E-state index contributed by atoms with van der Waals surface area (Å²) >= 11 is 6.35. The summed E-state index contributed by atoms with van der Waals surface area (Å²) in [6, 6.07) is 3.85. The maximum Gasteiger partial charge on any atom is 0.223 e. The number of aromatic nitrogens is 3. The number of nitrogens with two attached hydrogens (primary N) is 1. The molecule has 2 atom stereocenters. The molecule has 0 aliphatic heterocycles. The summed E-state index contributed by atoms with van der Waals surface area (Å²) in [5.74, 6) is 1.41. The molecule has 2 heterocycles. The van der Waals surface area contributed by atoms with Gasteiger partial charge < -0.3 is 20.9 Å². The molecule has 0 saturated heterocycles. The van der Waals surface area contributed by atoms with Crippen LogP contribution >= 0.6 is 11.6 Å². The molecular weight excluding hydrogens is 330 g/mol. The molecule has 0 radical (unpaired) electrons. The predicted octanol–water partition coefficient (Wildman–Crippen LogP) is 2.36. The molecule has 1 saturated carbocycles. The van der Waals surface area contributed by atoms with Crippen LogP contribution in [0.15, 0.2) is 18.3 Å². The van der Waals surface area contributed by atoms with Gasteiger partial charge in [-0.1, -0.05) is 11.6 Å². The second-order valence-corrected chi connectivity index (χ2v) is 6.22. The van der Waals surface area contributed by atoms with E-state index in [0.717, 1.165) is 19.3 Å². The molecule has 1 fully saturated rings. The standard InChI is InChI=1S/C16H20ClN5O2/c1-24-15-11(3-2-6-19-15)12-13(17)21-16(18)22-14(12)20-10-5-4-9(7-10)8-23/h2-3,6,9-10,23H,4-5,7-8H2,1H3,(H3,18,20,21,22)/t9-,10+/m1/s1. The van der Waals surface area contributed by atoms with E-state index in [1.807, 2.05) is 6.07 Å². The summed E-state index contributed by atoms with van der Waals surface area (Å²) < 4.78 is 5.33. The van der Waals surface area contributed by atoms with Crippen molar-refractivity contribution in [2.24, 2.45) is 5.92 Å². The molecule has 0 aromatic carbocycles. The van der Waals surface area contributed by atoms with Gasteiger partial charge in [0, 0.05) is 18.8 Å². The lowest BCUT2D eigenvalue weighted by Gasteiger charge is -2.18. The molecular formula is C16H20ClN5O2. The Morgan fingerprint density at radius 2 is 2.25 bits per heavy atom. The number of anilines is 2. The first-order chi connectivity index (χ1) is 11.6. The van der Waals surface area contributed by atoms with Crippen molar-refractivity contribution in [2.45, 2.75) is 25.3 Å². The van der Waals surface area contributed by atoms with Gasteiger partial charge in [0.1, 0.15) is 11.0 Å². The van der Waals surface area contributed by atoms with Gasteiger partial charge in [-0.25, -0.2) is 9.97 Å². The van der Waals surface area contributed by atoms with E-state index < -0.39 is 0 Å². The van der Waals surface area contributed by atoms with Crippen LogP contribution in [0.2, 0.25) is 5.15 Å². The number of nitrogens with one attached hydrogen (secondary N) is 1. The third-order valence-electron chi connectivity index (χ3n) is 4.26. The number of aliphatic hydroxyl groups is 1. The minimum atomic E-state index is 0.103. The molecule has 24 heavy (non-hydrogen) atoms. The average molecular weight is 350 g/mol. The van der Waals surface area contributed by atoms with Crippen LogP contribution in [0, 0.1) is 5.92 Å². The van der Waals surface area contributed by atoms with Gasteiger partial charge in [0.05, 0.1) is 18.2 Å². The fourth-order valence-electron chi connectivity index (χ4n) is 3.10. The number of methoxy groups -OCH3 is 1. The number of pyridine rings is 1. The van der Waals surface area contributed by atoms with Gasteiger partial charge in [-0.05, 0) is 37.3 Å². The Kier molecular flexibility index (Phi) is 5.01. The van der Waals surface area contributed by atoms with E-state index >= 15 is 0 Å². The van der Waals surface area contributed by atoms with Gasteiger partial charge in [-0.3, -0.25) is 0 Å². The quantitative estimate of drug-likeness (QED) is 0.711. The Morgan fingerprint density at radius 3 is 2.96 bits per heavy atom. The number of nitrogen functional groups attached to an aromatic ring is 1. The molecule has 2 aromatic rings. The van der Waals surface area contributed by atoms with Gasteiger partial charge in [-0.15, -0.1) is 0 Å². The fraction of sp³-hybridized carbons (Fsp3) is 0.438. The Balaban J connectivity index is 2.00. The van der Waals surface area contributed by atoms with Crippen LogP contribution in [0.5, 0.6) is 5.88 Å². The maximum absolute atomic E-state index is 9.32. The molecule has 4 N–H and O–H groups in total. The molecule has 0 bridgehead atoms.